The molecule has 1 aromatic carbocycles. The molecule has 0 aliphatic heterocycles. The molecule has 0 bridgehead atoms. The van der Waals surface area contributed by atoms with Crippen molar-refractivity contribution in [2.24, 2.45) is 7.05 Å². The van der Waals surface area contributed by atoms with E-state index in [-0.39, 0.29) is 18.3 Å². The van der Waals surface area contributed by atoms with Gasteiger partial charge >= 0.3 is 0 Å². The normalized spacial score (nSPS) is 10.7. The summed E-state index contributed by atoms with van der Waals surface area (Å²) in [7, 11) is 1.82. The Morgan fingerprint density at radius 1 is 1.24 bits per heavy atom. The lowest BCUT2D eigenvalue weighted by atomic mass is 10.2. The van der Waals surface area contributed by atoms with E-state index < -0.39 is 0 Å². The number of hydrogen-bond donors (Lipinski definition) is 1. The fourth-order valence-electron chi connectivity index (χ4n) is 2.36. The zero-order chi connectivity index (χ0) is 17.8. The molecule has 2 heterocycles. The second kappa shape index (κ2) is 7.25. The van der Waals surface area contributed by atoms with Gasteiger partial charge in [-0.1, -0.05) is 19.1 Å². The minimum absolute atomic E-state index is 0.239. The van der Waals surface area contributed by atoms with Crippen molar-refractivity contribution in [3.63, 3.8) is 0 Å². The third kappa shape index (κ3) is 3.91. The first-order valence-corrected chi connectivity index (χ1v) is 8.17. The van der Waals surface area contributed by atoms with Crippen LogP contribution in [0.25, 0.3) is 0 Å². The van der Waals surface area contributed by atoms with Crippen LogP contribution in [0.5, 0.6) is 5.75 Å². The Labute approximate surface area is 146 Å². The highest BCUT2D eigenvalue weighted by Crippen LogP contribution is 2.18. The number of aromatic nitrogens is 2. The van der Waals surface area contributed by atoms with Gasteiger partial charge in [-0.05, 0) is 43.2 Å². The third-order valence-corrected chi connectivity index (χ3v) is 4.08. The summed E-state index contributed by atoms with van der Waals surface area (Å²) in [5.74, 6) is 1.29. The number of anilines is 1. The maximum atomic E-state index is 12.3. The summed E-state index contributed by atoms with van der Waals surface area (Å²) in [5.41, 5.74) is 2.80. The molecule has 130 valence electrons. The highest BCUT2D eigenvalue weighted by Gasteiger charge is 2.14. The number of amides is 1. The predicted octanol–water partition coefficient (Wildman–Crippen LogP) is 3.72. The zero-order valence-electron chi connectivity index (χ0n) is 14.6. The molecule has 0 spiro atoms. The third-order valence-electron chi connectivity index (χ3n) is 4.08. The smallest absolute Gasteiger partial charge is 0.291 e. The van der Waals surface area contributed by atoms with Crippen LogP contribution in [0.15, 0.2) is 47.0 Å². The summed E-state index contributed by atoms with van der Waals surface area (Å²) >= 11 is 0. The Morgan fingerprint density at radius 3 is 2.64 bits per heavy atom. The first-order valence-electron chi connectivity index (χ1n) is 8.17. The predicted molar refractivity (Wildman–Crippen MR) is 94.8 cm³/mol. The van der Waals surface area contributed by atoms with Crippen molar-refractivity contribution in [3.05, 3.63) is 65.4 Å². The number of carbonyl (C=O) groups excluding carboxylic acids is 1. The number of nitrogens with one attached hydrogen (secondary N) is 1. The van der Waals surface area contributed by atoms with Gasteiger partial charge in [0.25, 0.3) is 5.91 Å². The fourth-order valence-corrected chi connectivity index (χ4v) is 2.36. The van der Waals surface area contributed by atoms with Crippen LogP contribution in [0.1, 0.15) is 34.5 Å². The Hall–Kier alpha value is -3.02. The molecule has 0 unspecified atom stereocenters. The summed E-state index contributed by atoms with van der Waals surface area (Å²) in [6.45, 7) is 4.26. The second-order valence-electron chi connectivity index (χ2n) is 5.77. The number of carbonyl (C=O) groups is 1. The van der Waals surface area contributed by atoms with Gasteiger partial charge in [-0.15, -0.1) is 0 Å². The van der Waals surface area contributed by atoms with Crippen molar-refractivity contribution in [2.75, 3.05) is 5.32 Å². The van der Waals surface area contributed by atoms with Crippen LogP contribution in [-0.4, -0.2) is 15.7 Å². The van der Waals surface area contributed by atoms with E-state index in [9.17, 15) is 4.79 Å². The fraction of sp³-hybridized carbons (Fsp3) is 0.263. The minimum Gasteiger partial charge on any atom is -0.486 e. The Kier molecular flexibility index (Phi) is 4.88. The van der Waals surface area contributed by atoms with Crippen LogP contribution >= 0.6 is 0 Å². The van der Waals surface area contributed by atoms with Gasteiger partial charge < -0.3 is 14.5 Å². The van der Waals surface area contributed by atoms with E-state index >= 15 is 0 Å². The molecule has 1 N–H and O–H groups in total. The van der Waals surface area contributed by atoms with E-state index in [1.54, 1.807) is 23.0 Å². The van der Waals surface area contributed by atoms with Gasteiger partial charge in [0.1, 0.15) is 18.1 Å². The molecule has 3 aromatic rings. The van der Waals surface area contributed by atoms with Crippen LogP contribution in [-0.2, 0) is 20.1 Å². The van der Waals surface area contributed by atoms with Gasteiger partial charge in [0.15, 0.2) is 5.76 Å². The van der Waals surface area contributed by atoms with E-state index in [1.807, 2.05) is 38.2 Å². The molecule has 0 aliphatic carbocycles. The number of aryl methyl sites for hydroxylation is 2. The van der Waals surface area contributed by atoms with Crippen molar-refractivity contribution >= 4 is 11.6 Å². The van der Waals surface area contributed by atoms with Gasteiger partial charge in [0.2, 0.25) is 0 Å². The van der Waals surface area contributed by atoms with Gasteiger partial charge in [-0.25, -0.2) is 0 Å². The van der Waals surface area contributed by atoms with E-state index in [0.29, 0.717) is 11.4 Å². The lowest BCUT2D eigenvalue weighted by Gasteiger charge is -2.05. The average molecular weight is 339 g/mol. The Balaban J connectivity index is 1.59. The lowest BCUT2D eigenvalue weighted by Crippen LogP contribution is -2.11. The monoisotopic (exact) mass is 339 g/mol. The SMILES string of the molecule is CCc1ccc(OCc2ccc(C(=O)Nc3cnn(C)c3C)o2)cc1. The van der Waals surface area contributed by atoms with Crippen LogP contribution in [0.4, 0.5) is 5.69 Å². The van der Waals surface area contributed by atoms with Crippen LogP contribution in [0, 0.1) is 6.92 Å². The summed E-state index contributed by atoms with van der Waals surface area (Å²) in [6.07, 6.45) is 2.60. The van der Waals surface area contributed by atoms with Crippen molar-refractivity contribution in [3.8, 4) is 5.75 Å². The number of ether oxygens (including phenoxy) is 1. The molecular formula is C19H21N3O3. The van der Waals surface area contributed by atoms with E-state index in [0.717, 1.165) is 17.9 Å². The van der Waals surface area contributed by atoms with Crippen LogP contribution in [0.3, 0.4) is 0 Å². The maximum Gasteiger partial charge on any atom is 0.291 e. The second-order valence-corrected chi connectivity index (χ2v) is 5.77. The largest absolute Gasteiger partial charge is 0.486 e. The van der Waals surface area contributed by atoms with Crippen molar-refractivity contribution in [2.45, 2.75) is 26.9 Å². The van der Waals surface area contributed by atoms with Gasteiger partial charge in [-0.3, -0.25) is 9.48 Å². The zero-order valence-corrected chi connectivity index (χ0v) is 14.6. The molecule has 0 atom stereocenters. The summed E-state index contributed by atoms with van der Waals surface area (Å²) in [5, 5.41) is 6.88. The first-order chi connectivity index (χ1) is 12.1. The minimum atomic E-state index is -0.311. The summed E-state index contributed by atoms with van der Waals surface area (Å²) < 4.78 is 12.9. The van der Waals surface area contributed by atoms with Crippen LogP contribution in [0.2, 0.25) is 0 Å². The first kappa shape index (κ1) is 16.8. The van der Waals surface area contributed by atoms with Gasteiger partial charge in [0, 0.05) is 7.05 Å². The number of nitrogens with zero attached hydrogens (tertiary/aromatic N) is 2. The molecular weight excluding hydrogens is 318 g/mol. The molecule has 6 heteroatoms. The van der Waals surface area contributed by atoms with Crippen molar-refractivity contribution < 1.29 is 13.9 Å². The molecule has 0 saturated carbocycles. The molecule has 0 saturated heterocycles. The molecule has 6 nitrogen and oxygen atoms in total. The van der Waals surface area contributed by atoms with Gasteiger partial charge in [-0.2, -0.15) is 5.10 Å². The molecule has 2 aromatic heterocycles. The number of benzene rings is 1. The van der Waals surface area contributed by atoms with E-state index in [1.165, 1.54) is 5.56 Å². The number of rotatable bonds is 6. The highest BCUT2D eigenvalue weighted by molar-refractivity contribution is 6.02. The molecule has 3 rings (SSSR count). The van der Waals surface area contributed by atoms with E-state index in [2.05, 4.69) is 17.3 Å². The van der Waals surface area contributed by atoms with Crippen molar-refractivity contribution in [1.82, 2.24) is 9.78 Å². The van der Waals surface area contributed by atoms with Crippen LogP contribution < -0.4 is 10.1 Å². The van der Waals surface area contributed by atoms with Gasteiger partial charge in [0.05, 0.1) is 17.6 Å². The molecule has 25 heavy (non-hydrogen) atoms. The molecule has 0 radical (unpaired) electrons. The summed E-state index contributed by atoms with van der Waals surface area (Å²) in [4.78, 5) is 12.3. The molecule has 1 amide bonds. The molecule has 0 aliphatic rings. The molecule has 0 fully saturated rings. The van der Waals surface area contributed by atoms with E-state index in [4.69, 9.17) is 9.15 Å². The topological polar surface area (TPSA) is 69.3 Å². The Bertz CT molecular complexity index is 862. The maximum absolute atomic E-state index is 12.3. The average Bonchev–Trinajstić information content (AvgIpc) is 3.23. The standard InChI is InChI=1S/C19H21N3O3/c1-4-14-5-7-15(8-6-14)24-12-16-9-10-18(25-16)19(23)21-17-11-20-22(3)13(17)2/h5-11H,4,12H2,1-3H3,(H,21,23). The quantitative estimate of drug-likeness (QED) is 0.743. The number of furan rings is 1. The highest BCUT2D eigenvalue weighted by atomic mass is 16.5. The Morgan fingerprint density at radius 2 is 2.00 bits per heavy atom. The number of hydrogen-bond acceptors (Lipinski definition) is 4. The lowest BCUT2D eigenvalue weighted by molar-refractivity contribution is 0.0992. The summed E-state index contributed by atoms with van der Waals surface area (Å²) in [6, 6.07) is 11.3. The van der Waals surface area contributed by atoms with Crippen molar-refractivity contribution in [1.29, 1.82) is 0 Å².